The fraction of sp³-hybridized carbons (Fsp3) is 0.421. The van der Waals surface area contributed by atoms with Crippen molar-refractivity contribution < 1.29 is 14.3 Å². The third-order valence-corrected chi connectivity index (χ3v) is 4.30. The van der Waals surface area contributed by atoms with Crippen LogP contribution in [0.5, 0.6) is 11.6 Å². The molecule has 0 N–H and O–H groups in total. The molecule has 1 aliphatic heterocycles. The zero-order valence-electron chi connectivity index (χ0n) is 15.4. The maximum absolute atomic E-state index is 12.7. The summed E-state index contributed by atoms with van der Waals surface area (Å²) in [6, 6.07) is 9.12. The zero-order valence-corrected chi connectivity index (χ0v) is 15.4. The second-order valence-corrected chi connectivity index (χ2v) is 6.06. The first-order valence-electron chi connectivity index (χ1n) is 8.77. The van der Waals surface area contributed by atoms with Crippen molar-refractivity contribution in [2.24, 2.45) is 0 Å². The minimum absolute atomic E-state index is 0.0254. The van der Waals surface area contributed by atoms with Gasteiger partial charge in [-0.25, -0.2) is 4.98 Å². The van der Waals surface area contributed by atoms with Crippen molar-refractivity contribution in [3.63, 3.8) is 0 Å². The maximum atomic E-state index is 12.7. The lowest BCUT2D eigenvalue weighted by molar-refractivity contribution is 0.0746. The minimum atomic E-state index is 0.0254. The van der Waals surface area contributed by atoms with Gasteiger partial charge in [0, 0.05) is 37.8 Å². The van der Waals surface area contributed by atoms with Gasteiger partial charge in [-0.3, -0.25) is 4.79 Å². The van der Waals surface area contributed by atoms with E-state index in [0.717, 1.165) is 18.9 Å². The summed E-state index contributed by atoms with van der Waals surface area (Å²) in [6.07, 6.45) is 0. The molecule has 138 valence electrons. The SMILES string of the molecule is CCOc1cc(N2CCN(C(=O)c3cccc(OC)c3)CC2)nc(C)n1. The standard InChI is InChI=1S/C19H24N4O3/c1-4-26-18-13-17(20-14(2)21-18)22-8-10-23(11-9-22)19(24)15-6-5-7-16(12-15)25-3/h5-7,12-13H,4,8-11H2,1-3H3. The summed E-state index contributed by atoms with van der Waals surface area (Å²) in [4.78, 5) is 25.5. The van der Waals surface area contributed by atoms with Crippen LogP contribution < -0.4 is 14.4 Å². The van der Waals surface area contributed by atoms with Gasteiger partial charge in [0.1, 0.15) is 17.4 Å². The van der Waals surface area contributed by atoms with Crippen LogP contribution >= 0.6 is 0 Å². The highest BCUT2D eigenvalue weighted by molar-refractivity contribution is 5.94. The van der Waals surface area contributed by atoms with Gasteiger partial charge in [-0.15, -0.1) is 0 Å². The van der Waals surface area contributed by atoms with Gasteiger partial charge in [0.25, 0.3) is 5.91 Å². The summed E-state index contributed by atoms with van der Waals surface area (Å²) in [5, 5.41) is 0. The number of ether oxygens (including phenoxy) is 2. The van der Waals surface area contributed by atoms with Crippen LogP contribution in [0.15, 0.2) is 30.3 Å². The summed E-state index contributed by atoms with van der Waals surface area (Å²) in [5.74, 6) is 2.83. The molecule has 7 heteroatoms. The highest BCUT2D eigenvalue weighted by Gasteiger charge is 2.23. The van der Waals surface area contributed by atoms with E-state index in [2.05, 4.69) is 14.9 Å². The molecule has 2 aromatic rings. The predicted octanol–water partition coefficient (Wildman–Crippen LogP) is 2.15. The minimum Gasteiger partial charge on any atom is -0.497 e. The number of amides is 1. The molecule has 26 heavy (non-hydrogen) atoms. The number of aryl methyl sites for hydroxylation is 1. The van der Waals surface area contributed by atoms with Gasteiger partial charge < -0.3 is 19.3 Å². The van der Waals surface area contributed by atoms with Gasteiger partial charge in [-0.2, -0.15) is 4.98 Å². The second kappa shape index (κ2) is 8.03. The number of carbonyl (C=O) groups excluding carboxylic acids is 1. The number of anilines is 1. The van der Waals surface area contributed by atoms with Gasteiger partial charge >= 0.3 is 0 Å². The Labute approximate surface area is 153 Å². The van der Waals surface area contributed by atoms with Crippen molar-refractivity contribution in [2.75, 3.05) is 44.8 Å². The summed E-state index contributed by atoms with van der Waals surface area (Å²) >= 11 is 0. The zero-order chi connectivity index (χ0) is 18.5. The van der Waals surface area contributed by atoms with Gasteiger partial charge in [0.15, 0.2) is 0 Å². The van der Waals surface area contributed by atoms with Crippen molar-refractivity contribution >= 4 is 11.7 Å². The van der Waals surface area contributed by atoms with Gasteiger partial charge in [-0.1, -0.05) is 6.07 Å². The third kappa shape index (κ3) is 4.04. The van der Waals surface area contributed by atoms with E-state index in [-0.39, 0.29) is 5.91 Å². The first-order chi connectivity index (χ1) is 12.6. The number of benzene rings is 1. The predicted molar refractivity (Wildman–Crippen MR) is 99.0 cm³/mol. The number of methoxy groups -OCH3 is 1. The fourth-order valence-corrected chi connectivity index (χ4v) is 2.99. The van der Waals surface area contributed by atoms with Crippen LogP contribution in [0.2, 0.25) is 0 Å². The normalized spacial score (nSPS) is 14.3. The van der Waals surface area contributed by atoms with Crippen LogP contribution in [-0.2, 0) is 0 Å². The molecular weight excluding hydrogens is 332 g/mol. The van der Waals surface area contributed by atoms with Crippen LogP contribution in [0.4, 0.5) is 5.82 Å². The number of hydrogen-bond donors (Lipinski definition) is 0. The Bertz CT molecular complexity index is 773. The van der Waals surface area contributed by atoms with E-state index in [4.69, 9.17) is 9.47 Å². The second-order valence-electron chi connectivity index (χ2n) is 6.06. The Morgan fingerprint density at radius 3 is 2.62 bits per heavy atom. The molecule has 2 heterocycles. The average molecular weight is 356 g/mol. The molecule has 7 nitrogen and oxygen atoms in total. The Balaban J connectivity index is 1.66. The van der Waals surface area contributed by atoms with Gasteiger partial charge in [0.05, 0.1) is 13.7 Å². The first-order valence-corrected chi connectivity index (χ1v) is 8.77. The molecule has 0 radical (unpaired) electrons. The topological polar surface area (TPSA) is 67.8 Å². The highest BCUT2D eigenvalue weighted by Crippen LogP contribution is 2.20. The van der Waals surface area contributed by atoms with Crippen molar-refractivity contribution in [1.29, 1.82) is 0 Å². The maximum Gasteiger partial charge on any atom is 0.254 e. The van der Waals surface area contributed by atoms with Gasteiger partial charge in [0.2, 0.25) is 5.88 Å². The molecule has 1 saturated heterocycles. The molecule has 1 aromatic heterocycles. The molecule has 0 unspecified atom stereocenters. The quantitative estimate of drug-likeness (QED) is 0.818. The van der Waals surface area contributed by atoms with Crippen LogP contribution in [0.1, 0.15) is 23.1 Å². The van der Waals surface area contributed by atoms with Crippen LogP contribution in [-0.4, -0.2) is 60.7 Å². The first kappa shape index (κ1) is 18.0. The van der Waals surface area contributed by atoms with Crippen LogP contribution in [0.3, 0.4) is 0 Å². The molecule has 1 aromatic carbocycles. The summed E-state index contributed by atoms with van der Waals surface area (Å²) in [6.45, 7) is 7.08. The van der Waals surface area contributed by atoms with E-state index in [1.54, 1.807) is 13.2 Å². The molecule has 3 rings (SSSR count). The van der Waals surface area contributed by atoms with E-state index in [1.165, 1.54) is 0 Å². The van der Waals surface area contributed by atoms with E-state index >= 15 is 0 Å². The molecule has 0 aliphatic carbocycles. The Hall–Kier alpha value is -2.83. The monoisotopic (exact) mass is 356 g/mol. The van der Waals surface area contributed by atoms with Crippen molar-refractivity contribution in [2.45, 2.75) is 13.8 Å². The molecule has 1 fully saturated rings. The average Bonchev–Trinajstić information content (AvgIpc) is 2.67. The highest BCUT2D eigenvalue weighted by atomic mass is 16.5. The lowest BCUT2D eigenvalue weighted by atomic mass is 10.1. The number of aromatic nitrogens is 2. The molecular formula is C19H24N4O3. The van der Waals surface area contributed by atoms with E-state index in [9.17, 15) is 4.79 Å². The smallest absolute Gasteiger partial charge is 0.254 e. The fourth-order valence-electron chi connectivity index (χ4n) is 2.99. The van der Waals surface area contributed by atoms with Crippen LogP contribution in [0.25, 0.3) is 0 Å². The molecule has 0 spiro atoms. The molecule has 1 aliphatic rings. The van der Waals surface area contributed by atoms with E-state index < -0.39 is 0 Å². The molecule has 0 atom stereocenters. The molecule has 0 bridgehead atoms. The molecule has 1 amide bonds. The largest absolute Gasteiger partial charge is 0.497 e. The number of rotatable bonds is 5. The number of hydrogen-bond acceptors (Lipinski definition) is 6. The Morgan fingerprint density at radius 1 is 1.15 bits per heavy atom. The van der Waals surface area contributed by atoms with E-state index in [1.807, 2.05) is 43.0 Å². The number of carbonyl (C=O) groups is 1. The van der Waals surface area contributed by atoms with Crippen molar-refractivity contribution in [3.8, 4) is 11.6 Å². The lowest BCUT2D eigenvalue weighted by Crippen LogP contribution is -2.49. The Morgan fingerprint density at radius 2 is 1.92 bits per heavy atom. The summed E-state index contributed by atoms with van der Waals surface area (Å²) in [7, 11) is 1.60. The summed E-state index contributed by atoms with van der Waals surface area (Å²) < 4.78 is 10.7. The number of nitrogens with zero attached hydrogens (tertiary/aromatic N) is 4. The summed E-state index contributed by atoms with van der Waals surface area (Å²) in [5.41, 5.74) is 0.648. The van der Waals surface area contributed by atoms with Crippen molar-refractivity contribution in [3.05, 3.63) is 41.7 Å². The molecule has 0 saturated carbocycles. The van der Waals surface area contributed by atoms with Gasteiger partial charge in [-0.05, 0) is 32.0 Å². The van der Waals surface area contributed by atoms with Crippen molar-refractivity contribution in [1.82, 2.24) is 14.9 Å². The Kier molecular flexibility index (Phi) is 5.55. The number of piperazine rings is 1. The van der Waals surface area contributed by atoms with Crippen LogP contribution in [0, 0.1) is 6.92 Å². The third-order valence-electron chi connectivity index (χ3n) is 4.30. The lowest BCUT2D eigenvalue weighted by Gasteiger charge is -2.35. The van der Waals surface area contributed by atoms with E-state index in [0.29, 0.717) is 42.7 Å².